The summed E-state index contributed by atoms with van der Waals surface area (Å²) < 4.78 is 35.5. The van der Waals surface area contributed by atoms with Gasteiger partial charge < -0.3 is 29.0 Å². The van der Waals surface area contributed by atoms with Crippen LogP contribution in [0.25, 0.3) is 5.76 Å². The monoisotopic (exact) mass is 491 g/mol. The molecule has 1 amide bonds. The summed E-state index contributed by atoms with van der Waals surface area (Å²) in [5.41, 5.74) is 1.01. The summed E-state index contributed by atoms with van der Waals surface area (Å²) in [7, 11) is 2.86. The Hall–Kier alpha value is -4.53. The molecule has 184 valence electrons. The molecular formula is C27H22FNO7. The van der Waals surface area contributed by atoms with E-state index in [2.05, 4.69) is 0 Å². The van der Waals surface area contributed by atoms with Gasteiger partial charge in [0, 0.05) is 6.54 Å². The fourth-order valence-corrected chi connectivity index (χ4v) is 4.45. The quantitative estimate of drug-likeness (QED) is 0.314. The van der Waals surface area contributed by atoms with Crippen LogP contribution in [0.2, 0.25) is 0 Å². The molecule has 3 aromatic carbocycles. The fraction of sp³-hybridized carbons (Fsp3) is 0.185. The molecule has 0 radical (unpaired) electrons. The number of nitrogens with zero attached hydrogens (tertiary/aromatic N) is 1. The lowest BCUT2D eigenvalue weighted by atomic mass is 9.94. The zero-order chi connectivity index (χ0) is 25.4. The zero-order valence-electron chi connectivity index (χ0n) is 19.5. The van der Waals surface area contributed by atoms with Crippen LogP contribution in [0, 0.1) is 5.82 Å². The molecule has 0 aromatic heterocycles. The van der Waals surface area contributed by atoms with Gasteiger partial charge in [-0.15, -0.1) is 0 Å². The van der Waals surface area contributed by atoms with E-state index in [1.54, 1.807) is 42.5 Å². The number of fused-ring (bicyclic) bond motifs is 1. The molecule has 5 rings (SSSR count). The average molecular weight is 491 g/mol. The minimum atomic E-state index is -0.974. The number of ether oxygens (including phenoxy) is 4. The molecule has 36 heavy (non-hydrogen) atoms. The standard InChI is InChI=1S/C27H22FNO7/c1-33-18-5-3-4-16(11-18)24-23(25(30)19-12-17(28)7-9-20(19)34-2)26(31)27(32)29(24)13-15-6-8-21-22(10-15)36-14-35-21/h3-12,24,30H,13-14H2,1-2H3/b25-23+. The molecule has 2 heterocycles. The summed E-state index contributed by atoms with van der Waals surface area (Å²) in [5.74, 6) is -1.10. The molecular weight excluding hydrogens is 469 g/mol. The maximum atomic E-state index is 14.1. The summed E-state index contributed by atoms with van der Waals surface area (Å²) in [4.78, 5) is 28.0. The van der Waals surface area contributed by atoms with Crippen molar-refractivity contribution in [2.45, 2.75) is 12.6 Å². The van der Waals surface area contributed by atoms with Gasteiger partial charge in [-0.25, -0.2) is 4.39 Å². The topological polar surface area (TPSA) is 94.5 Å². The maximum absolute atomic E-state index is 14.1. The van der Waals surface area contributed by atoms with E-state index >= 15 is 0 Å². The normalized spacial score (nSPS) is 18.0. The van der Waals surface area contributed by atoms with Crippen LogP contribution >= 0.6 is 0 Å². The second-order valence-electron chi connectivity index (χ2n) is 8.24. The number of benzene rings is 3. The van der Waals surface area contributed by atoms with Crippen LogP contribution in [0.1, 0.15) is 22.7 Å². The molecule has 1 unspecified atom stereocenters. The van der Waals surface area contributed by atoms with Crippen LogP contribution < -0.4 is 18.9 Å². The van der Waals surface area contributed by atoms with E-state index in [4.69, 9.17) is 18.9 Å². The summed E-state index contributed by atoms with van der Waals surface area (Å²) in [6.45, 7) is 0.142. The lowest BCUT2D eigenvalue weighted by Crippen LogP contribution is -2.29. The molecule has 1 N–H and O–H groups in total. The first-order valence-electron chi connectivity index (χ1n) is 11.1. The van der Waals surface area contributed by atoms with E-state index < -0.39 is 29.3 Å². The lowest BCUT2D eigenvalue weighted by molar-refractivity contribution is -0.140. The highest BCUT2D eigenvalue weighted by Crippen LogP contribution is 2.43. The van der Waals surface area contributed by atoms with Crippen molar-refractivity contribution in [3.63, 3.8) is 0 Å². The highest BCUT2D eigenvalue weighted by atomic mass is 19.1. The van der Waals surface area contributed by atoms with Gasteiger partial charge in [0.2, 0.25) is 6.79 Å². The largest absolute Gasteiger partial charge is 0.507 e. The molecule has 0 saturated carbocycles. The summed E-state index contributed by atoms with van der Waals surface area (Å²) in [6.07, 6.45) is 0. The second kappa shape index (κ2) is 9.26. The zero-order valence-corrected chi connectivity index (χ0v) is 19.5. The molecule has 3 aromatic rings. The number of carbonyl (C=O) groups is 2. The summed E-state index contributed by atoms with van der Waals surface area (Å²) in [5, 5.41) is 11.3. The van der Waals surface area contributed by atoms with E-state index in [9.17, 15) is 19.1 Å². The third-order valence-electron chi connectivity index (χ3n) is 6.16. The number of carbonyl (C=O) groups excluding carboxylic acids is 2. The van der Waals surface area contributed by atoms with Gasteiger partial charge in [0.25, 0.3) is 11.7 Å². The van der Waals surface area contributed by atoms with Crippen molar-refractivity contribution in [2.75, 3.05) is 21.0 Å². The first-order valence-corrected chi connectivity index (χ1v) is 11.1. The van der Waals surface area contributed by atoms with Gasteiger partial charge in [0.15, 0.2) is 11.5 Å². The molecule has 0 bridgehead atoms. The number of hydrogen-bond donors (Lipinski definition) is 1. The van der Waals surface area contributed by atoms with E-state index in [-0.39, 0.29) is 30.2 Å². The van der Waals surface area contributed by atoms with Crippen molar-refractivity contribution in [3.05, 3.63) is 88.7 Å². The SMILES string of the molecule is COc1cccc(C2/C(=C(\O)c3cc(F)ccc3OC)C(=O)C(=O)N2Cc2ccc3c(c2)OCO3)c1. The van der Waals surface area contributed by atoms with Gasteiger partial charge in [0.1, 0.15) is 23.1 Å². The van der Waals surface area contributed by atoms with Gasteiger partial charge in [-0.1, -0.05) is 18.2 Å². The Morgan fingerprint density at radius 1 is 1.03 bits per heavy atom. The molecule has 0 spiro atoms. The van der Waals surface area contributed by atoms with Crippen LogP contribution in [0.4, 0.5) is 4.39 Å². The van der Waals surface area contributed by atoms with Crippen molar-refractivity contribution >= 4 is 17.4 Å². The Labute approximate surface area is 206 Å². The highest BCUT2D eigenvalue weighted by Gasteiger charge is 2.46. The van der Waals surface area contributed by atoms with Gasteiger partial charge in [-0.05, 0) is 53.6 Å². The molecule has 1 saturated heterocycles. The van der Waals surface area contributed by atoms with Gasteiger partial charge in [-0.2, -0.15) is 0 Å². The minimum absolute atomic E-state index is 0.0357. The average Bonchev–Trinajstić information content (AvgIpc) is 3.46. The number of likely N-dealkylation sites (tertiary alicyclic amines) is 1. The first kappa shape index (κ1) is 23.2. The number of rotatable bonds is 6. The van der Waals surface area contributed by atoms with Gasteiger partial charge in [0.05, 0.1) is 31.4 Å². The molecule has 1 fully saturated rings. The molecule has 2 aliphatic heterocycles. The van der Waals surface area contributed by atoms with Crippen LogP contribution in [0.3, 0.4) is 0 Å². The predicted octanol–water partition coefficient (Wildman–Crippen LogP) is 4.19. The van der Waals surface area contributed by atoms with Gasteiger partial charge in [-0.3, -0.25) is 9.59 Å². The van der Waals surface area contributed by atoms with Crippen molar-refractivity contribution < 1.29 is 38.0 Å². The summed E-state index contributed by atoms with van der Waals surface area (Å²) in [6, 6.07) is 14.7. The Balaban J connectivity index is 1.66. The Bertz CT molecular complexity index is 1400. The van der Waals surface area contributed by atoms with Crippen molar-refractivity contribution in [2.24, 2.45) is 0 Å². The van der Waals surface area contributed by atoms with Crippen molar-refractivity contribution in [1.29, 1.82) is 0 Å². The van der Waals surface area contributed by atoms with Crippen LogP contribution in [-0.4, -0.2) is 42.7 Å². The number of halogens is 1. The number of amides is 1. The van der Waals surface area contributed by atoms with Crippen LogP contribution in [0.5, 0.6) is 23.0 Å². The van der Waals surface area contributed by atoms with Gasteiger partial charge >= 0.3 is 0 Å². The molecule has 0 aliphatic carbocycles. The molecule has 1 atom stereocenters. The molecule has 9 heteroatoms. The third-order valence-corrected chi connectivity index (χ3v) is 6.16. The number of Topliss-reactive ketones (excluding diaryl/α,β-unsaturated/α-hetero) is 1. The fourth-order valence-electron chi connectivity index (χ4n) is 4.45. The van der Waals surface area contributed by atoms with Crippen molar-refractivity contribution in [1.82, 2.24) is 4.90 Å². The van der Waals surface area contributed by atoms with Crippen molar-refractivity contribution in [3.8, 4) is 23.0 Å². The van der Waals surface area contributed by atoms with E-state index in [0.29, 0.717) is 28.4 Å². The Kier molecular flexibility index (Phi) is 5.97. The molecule has 8 nitrogen and oxygen atoms in total. The second-order valence-corrected chi connectivity index (χ2v) is 8.24. The first-order chi connectivity index (χ1) is 17.4. The Morgan fingerprint density at radius 3 is 2.61 bits per heavy atom. The lowest BCUT2D eigenvalue weighted by Gasteiger charge is -2.26. The Morgan fingerprint density at radius 2 is 1.83 bits per heavy atom. The van der Waals surface area contributed by atoms with E-state index in [1.807, 2.05) is 0 Å². The third kappa shape index (κ3) is 3.98. The van der Waals surface area contributed by atoms with Crippen LogP contribution in [-0.2, 0) is 16.1 Å². The number of ketones is 1. The van der Waals surface area contributed by atoms with E-state index in [1.165, 1.54) is 31.3 Å². The summed E-state index contributed by atoms with van der Waals surface area (Å²) >= 11 is 0. The number of aliphatic hydroxyl groups is 1. The highest BCUT2D eigenvalue weighted by molar-refractivity contribution is 6.46. The smallest absolute Gasteiger partial charge is 0.295 e. The number of methoxy groups -OCH3 is 2. The predicted molar refractivity (Wildman–Crippen MR) is 126 cm³/mol. The maximum Gasteiger partial charge on any atom is 0.295 e. The number of aliphatic hydroxyl groups excluding tert-OH is 1. The van der Waals surface area contributed by atoms with E-state index in [0.717, 1.165) is 6.07 Å². The molecule has 2 aliphatic rings. The minimum Gasteiger partial charge on any atom is -0.507 e. The van der Waals surface area contributed by atoms with Crippen LogP contribution in [0.15, 0.2) is 66.2 Å². The number of hydrogen-bond acceptors (Lipinski definition) is 7.